The number of ether oxygens (including phenoxy) is 1. The van der Waals surface area contributed by atoms with Crippen LogP contribution in [0.2, 0.25) is 0 Å². The van der Waals surface area contributed by atoms with Crippen LogP contribution in [0.15, 0.2) is 24.3 Å². The number of nitrogens with zero attached hydrogens (tertiary/aromatic N) is 2. The first kappa shape index (κ1) is 12.9. The molecule has 2 N–H and O–H groups in total. The van der Waals surface area contributed by atoms with Crippen LogP contribution >= 0.6 is 11.3 Å². The van der Waals surface area contributed by atoms with E-state index < -0.39 is 0 Å². The SMILES string of the molecule is COc1cc(C)ccc1-c1nc(N)c2cc(C)sc2n1. The molecule has 0 saturated heterocycles. The third-order valence-corrected chi connectivity index (χ3v) is 4.09. The van der Waals surface area contributed by atoms with Gasteiger partial charge in [-0.15, -0.1) is 11.3 Å². The molecule has 102 valence electrons. The van der Waals surface area contributed by atoms with Gasteiger partial charge in [-0.3, -0.25) is 0 Å². The highest BCUT2D eigenvalue weighted by atomic mass is 32.1. The van der Waals surface area contributed by atoms with Crippen LogP contribution in [0.3, 0.4) is 0 Å². The van der Waals surface area contributed by atoms with Crippen LogP contribution in [-0.2, 0) is 0 Å². The van der Waals surface area contributed by atoms with Gasteiger partial charge in [0.1, 0.15) is 16.4 Å². The van der Waals surface area contributed by atoms with E-state index in [-0.39, 0.29) is 0 Å². The summed E-state index contributed by atoms with van der Waals surface area (Å²) in [6, 6.07) is 7.97. The van der Waals surface area contributed by atoms with Gasteiger partial charge in [0, 0.05) is 4.88 Å². The second-order valence-electron chi connectivity index (χ2n) is 4.71. The average Bonchev–Trinajstić information content (AvgIpc) is 2.79. The van der Waals surface area contributed by atoms with Crippen molar-refractivity contribution in [2.24, 2.45) is 0 Å². The average molecular weight is 285 g/mol. The Morgan fingerprint density at radius 1 is 1.15 bits per heavy atom. The topological polar surface area (TPSA) is 61.0 Å². The van der Waals surface area contributed by atoms with Crippen molar-refractivity contribution in [3.8, 4) is 17.1 Å². The molecule has 0 atom stereocenters. The number of nitrogen functional groups attached to an aromatic ring is 1. The molecule has 0 bridgehead atoms. The molecule has 0 radical (unpaired) electrons. The molecule has 2 heterocycles. The van der Waals surface area contributed by atoms with E-state index >= 15 is 0 Å². The summed E-state index contributed by atoms with van der Waals surface area (Å²) in [5.41, 5.74) is 8.03. The minimum atomic E-state index is 0.511. The van der Waals surface area contributed by atoms with E-state index in [9.17, 15) is 0 Å². The lowest BCUT2D eigenvalue weighted by molar-refractivity contribution is 0.416. The van der Waals surface area contributed by atoms with Crippen LogP contribution in [0.25, 0.3) is 21.6 Å². The summed E-state index contributed by atoms with van der Waals surface area (Å²) in [6.07, 6.45) is 0. The third kappa shape index (κ3) is 2.10. The fraction of sp³-hybridized carbons (Fsp3) is 0.200. The molecule has 20 heavy (non-hydrogen) atoms. The Kier molecular flexibility index (Phi) is 3.06. The number of benzene rings is 1. The molecule has 0 aliphatic heterocycles. The number of hydrogen-bond acceptors (Lipinski definition) is 5. The van der Waals surface area contributed by atoms with Gasteiger partial charge in [0.05, 0.1) is 18.1 Å². The standard InChI is InChI=1S/C15H15N3OS/c1-8-4-5-10(12(6-8)19-3)14-17-13(16)11-7-9(2)20-15(11)18-14/h4-7H,1-3H3,(H2,16,17,18). The van der Waals surface area contributed by atoms with Crippen molar-refractivity contribution in [1.82, 2.24) is 9.97 Å². The van der Waals surface area contributed by atoms with Gasteiger partial charge in [-0.2, -0.15) is 0 Å². The van der Waals surface area contributed by atoms with E-state index in [1.165, 1.54) is 4.88 Å². The maximum absolute atomic E-state index is 6.04. The molecule has 2 aromatic heterocycles. The first-order chi connectivity index (χ1) is 9.58. The molecule has 0 amide bonds. The third-order valence-electron chi connectivity index (χ3n) is 3.14. The quantitative estimate of drug-likeness (QED) is 0.782. The lowest BCUT2D eigenvalue weighted by atomic mass is 10.1. The summed E-state index contributed by atoms with van der Waals surface area (Å²) >= 11 is 1.62. The maximum Gasteiger partial charge on any atom is 0.166 e. The van der Waals surface area contributed by atoms with Crippen LogP contribution in [0, 0.1) is 13.8 Å². The summed E-state index contributed by atoms with van der Waals surface area (Å²) in [4.78, 5) is 11.1. The molecule has 0 saturated carbocycles. The first-order valence-electron chi connectivity index (χ1n) is 6.27. The second-order valence-corrected chi connectivity index (χ2v) is 5.95. The fourth-order valence-electron chi connectivity index (χ4n) is 2.17. The van der Waals surface area contributed by atoms with E-state index in [1.807, 2.05) is 38.1 Å². The normalized spacial score (nSPS) is 10.9. The van der Waals surface area contributed by atoms with Crippen molar-refractivity contribution in [2.75, 3.05) is 12.8 Å². The Morgan fingerprint density at radius 3 is 2.70 bits per heavy atom. The fourth-order valence-corrected chi connectivity index (χ4v) is 3.05. The largest absolute Gasteiger partial charge is 0.496 e. The smallest absolute Gasteiger partial charge is 0.166 e. The molecule has 0 aliphatic rings. The minimum absolute atomic E-state index is 0.511. The predicted molar refractivity (Wildman–Crippen MR) is 83.3 cm³/mol. The van der Waals surface area contributed by atoms with Crippen LogP contribution < -0.4 is 10.5 Å². The van der Waals surface area contributed by atoms with Gasteiger partial charge < -0.3 is 10.5 Å². The Morgan fingerprint density at radius 2 is 1.95 bits per heavy atom. The lowest BCUT2D eigenvalue weighted by Crippen LogP contribution is -1.98. The van der Waals surface area contributed by atoms with Crippen LogP contribution in [0.4, 0.5) is 5.82 Å². The van der Waals surface area contributed by atoms with Gasteiger partial charge >= 0.3 is 0 Å². The molecule has 0 aliphatic carbocycles. The molecule has 3 rings (SSSR count). The molecule has 5 heteroatoms. The number of anilines is 1. The summed E-state index contributed by atoms with van der Waals surface area (Å²) < 4.78 is 5.42. The van der Waals surface area contributed by atoms with Crippen molar-refractivity contribution >= 4 is 27.4 Å². The zero-order valence-corrected chi connectivity index (χ0v) is 12.4. The van der Waals surface area contributed by atoms with Gasteiger partial charge in [0.15, 0.2) is 5.82 Å². The number of methoxy groups -OCH3 is 1. The number of aromatic nitrogens is 2. The van der Waals surface area contributed by atoms with Gasteiger partial charge in [-0.25, -0.2) is 9.97 Å². The number of thiophene rings is 1. The zero-order valence-electron chi connectivity index (χ0n) is 11.6. The molecule has 0 spiro atoms. The van der Waals surface area contributed by atoms with Crippen LogP contribution in [0.1, 0.15) is 10.4 Å². The Balaban J connectivity index is 2.24. The number of aryl methyl sites for hydroxylation is 2. The summed E-state index contributed by atoms with van der Waals surface area (Å²) in [7, 11) is 1.65. The van der Waals surface area contributed by atoms with E-state index in [1.54, 1.807) is 18.4 Å². The predicted octanol–water partition coefficient (Wildman–Crippen LogP) is 3.57. The number of rotatable bonds is 2. The van der Waals surface area contributed by atoms with Crippen molar-refractivity contribution in [3.63, 3.8) is 0 Å². The highest BCUT2D eigenvalue weighted by molar-refractivity contribution is 7.18. The summed E-state index contributed by atoms with van der Waals surface area (Å²) in [5.74, 6) is 1.88. The second kappa shape index (κ2) is 4.76. The monoisotopic (exact) mass is 285 g/mol. The maximum atomic E-state index is 6.04. The summed E-state index contributed by atoms with van der Waals surface area (Å²) in [5, 5.41) is 0.919. The number of nitrogens with two attached hydrogens (primary N) is 1. The molecule has 0 unspecified atom stereocenters. The van der Waals surface area contributed by atoms with Gasteiger partial charge in [-0.05, 0) is 37.6 Å². The number of hydrogen-bond donors (Lipinski definition) is 1. The van der Waals surface area contributed by atoms with E-state index in [0.29, 0.717) is 11.6 Å². The van der Waals surface area contributed by atoms with Crippen molar-refractivity contribution in [2.45, 2.75) is 13.8 Å². The van der Waals surface area contributed by atoms with E-state index in [2.05, 4.69) is 9.97 Å². The molecule has 4 nitrogen and oxygen atoms in total. The van der Waals surface area contributed by atoms with E-state index in [0.717, 1.165) is 27.1 Å². The van der Waals surface area contributed by atoms with Gasteiger partial charge in [0.25, 0.3) is 0 Å². The summed E-state index contributed by atoms with van der Waals surface area (Å²) in [6.45, 7) is 4.06. The van der Waals surface area contributed by atoms with Crippen LogP contribution in [0.5, 0.6) is 5.75 Å². The van der Waals surface area contributed by atoms with Gasteiger partial charge in [-0.1, -0.05) is 6.07 Å². The molecule has 0 fully saturated rings. The van der Waals surface area contributed by atoms with Crippen molar-refractivity contribution in [3.05, 3.63) is 34.7 Å². The Bertz CT molecular complexity index is 795. The molecular weight excluding hydrogens is 270 g/mol. The Hall–Kier alpha value is -2.14. The van der Waals surface area contributed by atoms with Crippen LogP contribution in [-0.4, -0.2) is 17.1 Å². The lowest BCUT2D eigenvalue weighted by Gasteiger charge is -2.09. The van der Waals surface area contributed by atoms with Crippen molar-refractivity contribution in [1.29, 1.82) is 0 Å². The van der Waals surface area contributed by atoms with Gasteiger partial charge in [0.2, 0.25) is 0 Å². The zero-order chi connectivity index (χ0) is 14.3. The minimum Gasteiger partial charge on any atom is -0.496 e. The van der Waals surface area contributed by atoms with E-state index in [4.69, 9.17) is 10.5 Å². The Labute approximate surface area is 121 Å². The molecule has 1 aromatic carbocycles. The molecule has 3 aromatic rings. The highest BCUT2D eigenvalue weighted by Crippen LogP contribution is 2.33. The molecular formula is C15H15N3OS. The number of fused-ring (bicyclic) bond motifs is 1. The van der Waals surface area contributed by atoms with Crippen molar-refractivity contribution < 1.29 is 4.74 Å². The highest BCUT2D eigenvalue weighted by Gasteiger charge is 2.13. The first-order valence-corrected chi connectivity index (χ1v) is 7.09.